The van der Waals surface area contributed by atoms with Crippen molar-refractivity contribution in [2.24, 2.45) is 5.92 Å². The van der Waals surface area contributed by atoms with Crippen molar-refractivity contribution in [3.63, 3.8) is 0 Å². The molecule has 8 nitrogen and oxygen atoms in total. The minimum absolute atomic E-state index is 0.0293. The summed E-state index contributed by atoms with van der Waals surface area (Å²) >= 11 is 12.7. The maximum absolute atomic E-state index is 11.1. The summed E-state index contributed by atoms with van der Waals surface area (Å²) < 4.78 is 6.38. The van der Waals surface area contributed by atoms with Gasteiger partial charge in [0.15, 0.2) is 5.11 Å². The Hall–Kier alpha value is -3.95. The molecule has 2 atom stereocenters. The van der Waals surface area contributed by atoms with Crippen LogP contribution in [0.2, 0.25) is 5.02 Å². The number of piperidine rings is 1. The van der Waals surface area contributed by atoms with Crippen LogP contribution in [0, 0.1) is 16.0 Å². The van der Waals surface area contributed by atoms with E-state index in [1.807, 2.05) is 41.3 Å². The van der Waals surface area contributed by atoms with Gasteiger partial charge in [0, 0.05) is 42.7 Å². The van der Waals surface area contributed by atoms with Gasteiger partial charge in [-0.2, -0.15) is 0 Å². The van der Waals surface area contributed by atoms with Gasteiger partial charge >= 0.3 is 0 Å². The number of aromatic nitrogens is 1. The van der Waals surface area contributed by atoms with Crippen molar-refractivity contribution in [3.05, 3.63) is 106 Å². The fourth-order valence-electron chi connectivity index (χ4n) is 5.49. The van der Waals surface area contributed by atoms with E-state index in [1.165, 1.54) is 12.1 Å². The fourth-order valence-corrected chi connectivity index (χ4v) is 6.13. The van der Waals surface area contributed by atoms with Crippen LogP contribution in [0.3, 0.4) is 0 Å². The molecule has 0 amide bonds. The van der Waals surface area contributed by atoms with Gasteiger partial charge in [-0.15, -0.1) is 0 Å². The molecule has 10 heteroatoms. The van der Waals surface area contributed by atoms with E-state index in [1.54, 1.807) is 18.3 Å². The number of nitrogens with zero attached hydrogens (tertiary/aromatic N) is 4. The smallest absolute Gasteiger partial charge is 0.269 e. The molecule has 2 aromatic carbocycles. The van der Waals surface area contributed by atoms with E-state index in [0.29, 0.717) is 21.7 Å². The number of thiocarbonyl (C=S) groups is 1. The van der Waals surface area contributed by atoms with Crippen LogP contribution in [0.25, 0.3) is 11.3 Å². The number of rotatable bonds is 6. The summed E-state index contributed by atoms with van der Waals surface area (Å²) in [5.41, 5.74) is 3.49. The molecule has 2 aromatic heterocycles. The minimum Gasteiger partial charge on any atom is -0.459 e. The third kappa shape index (κ3) is 5.02. The molecule has 6 rings (SSSR count). The van der Waals surface area contributed by atoms with Crippen LogP contribution >= 0.6 is 23.8 Å². The SMILES string of the molecule is CC1CCN(c2ccc(N3C(=S)NC(c4ccccn4)C3c3ccc(-c4ccc([N+](=O)[O-])cc4)o3)cc2Cl)CC1. The number of anilines is 2. The number of nitrogens with one attached hydrogen (secondary N) is 1. The molecular formula is C30H28ClN5O3S. The maximum atomic E-state index is 11.1. The van der Waals surface area contributed by atoms with E-state index in [0.717, 1.165) is 54.5 Å². The Kier molecular flexibility index (Phi) is 7.16. The number of halogens is 1. The van der Waals surface area contributed by atoms with E-state index in [9.17, 15) is 10.1 Å². The molecule has 0 saturated carbocycles. The average Bonchev–Trinajstić information content (AvgIpc) is 3.59. The van der Waals surface area contributed by atoms with Crippen molar-refractivity contribution in [1.29, 1.82) is 0 Å². The summed E-state index contributed by atoms with van der Waals surface area (Å²) in [6.07, 6.45) is 4.07. The van der Waals surface area contributed by atoms with E-state index >= 15 is 0 Å². The molecule has 2 aliphatic rings. The summed E-state index contributed by atoms with van der Waals surface area (Å²) in [5, 5.41) is 15.8. The summed E-state index contributed by atoms with van der Waals surface area (Å²) in [6, 6.07) is 21.4. The number of hydrogen-bond acceptors (Lipinski definition) is 6. The number of nitro groups is 1. The summed E-state index contributed by atoms with van der Waals surface area (Å²) in [5.74, 6) is 2.02. The monoisotopic (exact) mass is 573 g/mol. The van der Waals surface area contributed by atoms with Gasteiger partial charge in [0.2, 0.25) is 0 Å². The number of non-ortho nitro benzene ring substituents is 1. The highest BCUT2D eigenvalue weighted by Crippen LogP contribution is 2.44. The lowest BCUT2D eigenvalue weighted by Crippen LogP contribution is -2.33. The van der Waals surface area contributed by atoms with Gasteiger partial charge in [-0.3, -0.25) is 15.1 Å². The number of pyridine rings is 1. The Morgan fingerprint density at radius 2 is 1.85 bits per heavy atom. The number of benzene rings is 2. The topological polar surface area (TPSA) is 87.7 Å². The lowest BCUT2D eigenvalue weighted by Gasteiger charge is -2.33. The maximum Gasteiger partial charge on any atom is 0.269 e. The first-order chi connectivity index (χ1) is 19.4. The van der Waals surface area contributed by atoms with Crippen molar-refractivity contribution in [3.8, 4) is 11.3 Å². The molecule has 4 heterocycles. The lowest BCUT2D eigenvalue weighted by molar-refractivity contribution is -0.384. The first-order valence-electron chi connectivity index (χ1n) is 13.3. The predicted molar refractivity (Wildman–Crippen MR) is 161 cm³/mol. The molecule has 4 aromatic rings. The van der Waals surface area contributed by atoms with Crippen LogP contribution in [0.5, 0.6) is 0 Å². The molecule has 2 unspecified atom stereocenters. The molecule has 0 bridgehead atoms. The Labute approximate surface area is 242 Å². The number of nitro benzene ring substituents is 1. The van der Waals surface area contributed by atoms with E-state index < -0.39 is 4.92 Å². The molecule has 204 valence electrons. The molecule has 0 aliphatic carbocycles. The molecule has 2 fully saturated rings. The van der Waals surface area contributed by atoms with Gasteiger partial charge in [0.05, 0.1) is 27.4 Å². The average molecular weight is 574 g/mol. The summed E-state index contributed by atoms with van der Waals surface area (Å²) in [7, 11) is 0. The van der Waals surface area contributed by atoms with Gasteiger partial charge in [-0.25, -0.2) is 0 Å². The predicted octanol–water partition coefficient (Wildman–Crippen LogP) is 7.32. The molecule has 40 heavy (non-hydrogen) atoms. The molecule has 0 spiro atoms. The van der Waals surface area contributed by atoms with Crippen molar-refractivity contribution >= 4 is 46.0 Å². The highest BCUT2D eigenvalue weighted by molar-refractivity contribution is 7.80. The van der Waals surface area contributed by atoms with Crippen LogP contribution in [-0.4, -0.2) is 28.1 Å². The summed E-state index contributed by atoms with van der Waals surface area (Å²) in [4.78, 5) is 19.7. The zero-order valence-corrected chi connectivity index (χ0v) is 23.4. The van der Waals surface area contributed by atoms with Crippen LogP contribution in [0.4, 0.5) is 17.1 Å². The molecule has 0 radical (unpaired) electrons. The van der Waals surface area contributed by atoms with Crippen LogP contribution in [-0.2, 0) is 0 Å². The number of furan rings is 1. The highest BCUT2D eigenvalue weighted by atomic mass is 35.5. The van der Waals surface area contributed by atoms with Crippen LogP contribution in [0.1, 0.15) is 43.3 Å². The van der Waals surface area contributed by atoms with E-state index in [-0.39, 0.29) is 17.8 Å². The van der Waals surface area contributed by atoms with Gasteiger partial charge < -0.3 is 19.5 Å². The van der Waals surface area contributed by atoms with Crippen molar-refractivity contribution < 1.29 is 9.34 Å². The number of hydrogen-bond donors (Lipinski definition) is 1. The third-order valence-corrected chi connectivity index (χ3v) is 8.33. The lowest BCUT2D eigenvalue weighted by atomic mass is 9.98. The van der Waals surface area contributed by atoms with Gasteiger partial charge in [-0.05, 0) is 85.6 Å². The molecular weight excluding hydrogens is 546 g/mol. The quantitative estimate of drug-likeness (QED) is 0.146. The third-order valence-electron chi connectivity index (χ3n) is 7.71. The standard InChI is InChI=1S/C30H28ClN5O3S/c1-19-13-16-34(17-14-19)25-10-9-22(18-23(25)31)35-29(28(33-30(35)40)24-4-2-3-15-32-24)27-12-11-26(39-27)20-5-7-21(8-6-20)36(37)38/h2-12,15,18-19,28-29H,13-14,16-17H2,1H3,(H,33,40). The Morgan fingerprint density at radius 1 is 1.07 bits per heavy atom. The molecule has 2 aliphatic heterocycles. The Morgan fingerprint density at radius 3 is 2.52 bits per heavy atom. The second-order valence-corrected chi connectivity index (χ2v) is 11.1. The van der Waals surface area contributed by atoms with E-state index in [4.69, 9.17) is 28.2 Å². The highest BCUT2D eigenvalue weighted by Gasteiger charge is 2.43. The van der Waals surface area contributed by atoms with Crippen molar-refractivity contribution in [1.82, 2.24) is 10.3 Å². The second kappa shape index (κ2) is 10.9. The van der Waals surface area contributed by atoms with Crippen LogP contribution < -0.4 is 15.1 Å². The Balaban J connectivity index is 1.36. The second-order valence-electron chi connectivity index (χ2n) is 10.3. The zero-order chi connectivity index (χ0) is 27.8. The fraction of sp³-hybridized carbons (Fsp3) is 0.267. The first kappa shape index (κ1) is 26.3. The molecule has 2 saturated heterocycles. The summed E-state index contributed by atoms with van der Waals surface area (Å²) in [6.45, 7) is 4.28. The van der Waals surface area contributed by atoms with Gasteiger partial charge in [0.1, 0.15) is 17.6 Å². The molecule has 1 N–H and O–H groups in total. The van der Waals surface area contributed by atoms with Crippen molar-refractivity contribution in [2.45, 2.75) is 31.8 Å². The normalized spacial score (nSPS) is 19.6. The van der Waals surface area contributed by atoms with Gasteiger partial charge in [0.25, 0.3) is 5.69 Å². The van der Waals surface area contributed by atoms with Crippen molar-refractivity contribution in [2.75, 3.05) is 22.9 Å². The van der Waals surface area contributed by atoms with Crippen LogP contribution in [0.15, 0.2) is 83.4 Å². The van der Waals surface area contributed by atoms with E-state index in [2.05, 4.69) is 34.3 Å². The largest absolute Gasteiger partial charge is 0.459 e. The minimum atomic E-state index is -0.417. The zero-order valence-electron chi connectivity index (χ0n) is 21.9. The Bertz CT molecular complexity index is 1540. The van der Waals surface area contributed by atoms with Gasteiger partial charge in [-0.1, -0.05) is 24.6 Å². The first-order valence-corrected chi connectivity index (χ1v) is 14.1.